The lowest BCUT2D eigenvalue weighted by Crippen LogP contribution is -2.42. The summed E-state index contributed by atoms with van der Waals surface area (Å²) in [6.07, 6.45) is 2.42. The monoisotopic (exact) mass is 286 g/mol. The Bertz CT molecular complexity index is 535. The number of rotatable bonds is 5. The number of ether oxygens (including phenoxy) is 1. The van der Waals surface area contributed by atoms with Crippen molar-refractivity contribution in [3.05, 3.63) is 35.9 Å². The Hall–Kier alpha value is -1.84. The largest absolute Gasteiger partial charge is 0.465 e. The minimum Gasteiger partial charge on any atom is -0.465 e. The minimum atomic E-state index is -0.483. The summed E-state index contributed by atoms with van der Waals surface area (Å²) in [6.45, 7) is 4.08. The van der Waals surface area contributed by atoms with E-state index in [1.807, 2.05) is 32.0 Å². The van der Waals surface area contributed by atoms with Crippen molar-refractivity contribution in [2.75, 3.05) is 0 Å². The molecule has 2 atom stereocenters. The van der Waals surface area contributed by atoms with Crippen LogP contribution in [0.4, 0.5) is 0 Å². The van der Waals surface area contributed by atoms with Crippen molar-refractivity contribution in [3.8, 4) is 0 Å². The molecule has 0 spiro atoms. The summed E-state index contributed by atoms with van der Waals surface area (Å²) < 4.78 is 5.84. The van der Waals surface area contributed by atoms with Crippen molar-refractivity contribution in [1.29, 1.82) is 0 Å². The first kappa shape index (κ1) is 14.1. The highest BCUT2D eigenvalue weighted by Gasteiger charge is 2.39. The van der Waals surface area contributed by atoms with E-state index < -0.39 is 6.10 Å². The predicted molar refractivity (Wildman–Crippen MR) is 82.2 cm³/mol. The summed E-state index contributed by atoms with van der Waals surface area (Å²) in [5, 5.41) is 3.03. The molecule has 0 radical (unpaired) electrons. The number of hydrogen-bond acceptors (Lipinski definition) is 3. The van der Waals surface area contributed by atoms with Crippen molar-refractivity contribution < 1.29 is 9.53 Å². The van der Waals surface area contributed by atoms with Crippen molar-refractivity contribution >= 4 is 11.8 Å². The van der Waals surface area contributed by atoms with Crippen LogP contribution in [0.2, 0.25) is 0 Å². The van der Waals surface area contributed by atoms with Crippen LogP contribution in [0.25, 0.3) is 0 Å². The quantitative estimate of drug-likeness (QED) is 0.903. The molecule has 1 aliphatic carbocycles. The van der Waals surface area contributed by atoms with Gasteiger partial charge in [0.2, 0.25) is 6.10 Å². The first-order valence-electron chi connectivity index (χ1n) is 7.72. The second-order valence-corrected chi connectivity index (χ2v) is 6.20. The third kappa shape index (κ3) is 3.43. The predicted octanol–water partition coefficient (Wildman–Crippen LogP) is 2.33. The van der Waals surface area contributed by atoms with Gasteiger partial charge in [0, 0.05) is 12.0 Å². The van der Waals surface area contributed by atoms with Gasteiger partial charge in [-0.15, -0.1) is 0 Å². The molecular formula is C17H22N2O2. The Balaban J connectivity index is 1.73. The van der Waals surface area contributed by atoms with E-state index in [4.69, 9.17) is 4.74 Å². The van der Waals surface area contributed by atoms with Gasteiger partial charge < -0.3 is 10.1 Å². The summed E-state index contributed by atoms with van der Waals surface area (Å²) in [5.41, 5.74) is 1.18. The van der Waals surface area contributed by atoms with Crippen molar-refractivity contribution in [2.24, 2.45) is 10.9 Å². The molecule has 112 valence electrons. The Morgan fingerprint density at radius 2 is 2.05 bits per heavy atom. The topological polar surface area (TPSA) is 50.7 Å². The number of hydrogen-bond donors (Lipinski definition) is 1. The lowest BCUT2D eigenvalue weighted by Gasteiger charge is -2.17. The first-order valence-corrected chi connectivity index (χ1v) is 7.72. The Morgan fingerprint density at radius 3 is 2.67 bits per heavy atom. The lowest BCUT2D eigenvalue weighted by molar-refractivity contribution is -0.128. The molecule has 21 heavy (non-hydrogen) atoms. The summed E-state index contributed by atoms with van der Waals surface area (Å²) in [6, 6.07) is 10.4. The van der Waals surface area contributed by atoms with Gasteiger partial charge in [0.25, 0.3) is 5.91 Å². The minimum absolute atomic E-state index is 0.0159. The molecule has 1 saturated carbocycles. The standard InChI is InChI=1S/C17H22N2O2/c1-11(2)17-19-14(10-12-6-4-3-5-7-12)15(21-17)16(20)18-13-8-9-13/h3-7,11,13-15H,8-10H2,1-2H3,(H,18,20). The van der Waals surface area contributed by atoms with Gasteiger partial charge in [0.15, 0.2) is 5.90 Å². The van der Waals surface area contributed by atoms with Gasteiger partial charge in [-0.2, -0.15) is 0 Å². The van der Waals surface area contributed by atoms with Gasteiger partial charge in [-0.1, -0.05) is 44.2 Å². The molecular weight excluding hydrogens is 264 g/mol. The average molecular weight is 286 g/mol. The van der Waals surface area contributed by atoms with E-state index in [0.717, 1.165) is 19.3 Å². The fourth-order valence-corrected chi connectivity index (χ4v) is 2.50. The van der Waals surface area contributed by atoms with E-state index >= 15 is 0 Å². The summed E-state index contributed by atoms with van der Waals surface area (Å²) >= 11 is 0. The van der Waals surface area contributed by atoms with Gasteiger partial charge in [0.05, 0.1) is 0 Å². The normalized spacial score (nSPS) is 24.6. The molecule has 2 aliphatic rings. The maximum Gasteiger partial charge on any atom is 0.263 e. The molecule has 4 heteroatoms. The van der Waals surface area contributed by atoms with Crippen LogP contribution in [0.1, 0.15) is 32.3 Å². The van der Waals surface area contributed by atoms with Gasteiger partial charge in [-0.05, 0) is 24.8 Å². The smallest absolute Gasteiger partial charge is 0.263 e. The average Bonchev–Trinajstić information content (AvgIpc) is 3.17. The molecule has 1 fully saturated rings. The Morgan fingerprint density at radius 1 is 1.33 bits per heavy atom. The summed E-state index contributed by atoms with van der Waals surface area (Å²) in [7, 11) is 0. The second kappa shape index (κ2) is 5.88. The van der Waals surface area contributed by atoms with Crippen LogP contribution in [0.5, 0.6) is 0 Å². The number of aliphatic imine (C=N–C) groups is 1. The lowest BCUT2D eigenvalue weighted by atomic mass is 10.0. The van der Waals surface area contributed by atoms with Crippen LogP contribution in [-0.2, 0) is 16.0 Å². The molecule has 1 aliphatic heterocycles. The number of benzene rings is 1. The van der Waals surface area contributed by atoms with E-state index in [9.17, 15) is 4.79 Å². The van der Waals surface area contributed by atoms with E-state index in [1.54, 1.807) is 0 Å². The highest BCUT2D eigenvalue weighted by atomic mass is 16.5. The van der Waals surface area contributed by atoms with Crippen molar-refractivity contribution in [3.63, 3.8) is 0 Å². The van der Waals surface area contributed by atoms with E-state index in [1.165, 1.54) is 5.56 Å². The number of carbonyl (C=O) groups is 1. The number of amides is 1. The van der Waals surface area contributed by atoms with Crippen LogP contribution in [0.3, 0.4) is 0 Å². The van der Waals surface area contributed by atoms with E-state index in [0.29, 0.717) is 11.9 Å². The zero-order valence-corrected chi connectivity index (χ0v) is 12.6. The third-order valence-corrected chi connectivity index (χ3v) is 3.85. The maximum atomic E-state index is 12.4. The molecule has 4 nitrogen and oxygen atoms in total. The second-order valence-electron chi connectivity index (χ2n) is 6.20. The fourth-order valence-electron chi connectivity index (χ4n) is 2.50. The number of nitrogens with zero attached hydrogens (tertiary/aromatic N) is 1. The van der Waals surface area contributed by atoms with Crippen LogP contribution >= 0.6 is 0 Å². The molecule has 0 aromatic heterocycles. The zero-order chi connectivity index (χ0) is 14.8. The fraction of sp³-hybridized carbons (Fsp3) is 0.529. The molecule has 1 aromatic rings. The maximum absolute atomic E-state index is 12.4. The van der Waals surface area contributed by atoms with Gasteiger partial charge in [-0.25, -0.2) is 4.99 Å². The zero-order valence-electron chi connectivity index (χ0n) is 12.6. The van der Waals surface area contributed by atoms with E-state index in [-0.39, 0.29) is 17.9 Å². The SMILES string of the molecule is CC(C)C1=NC(Cc2ccccc2)C(C(=O)NC2CC2)O1. The molecule has 1 N–H and O–H groups in total. The molecule has 1 amide bonds. The van der Waals surface area contributed by atoms with Gasteiger partial charge >= 0.3 is 0 Å². The highest BCUT2D eigenvalue weighted by Crippen LogP contribution is 2.24. The molecule has 1 heterocycles. The van der Waals surface area contributed by atoms with Crippen LogP contribution in [-0.4, -0.2) is 30.0 Å². The molecule has 0 saturated heterocycles. The van der Waals surface area contributed by atoms with Crippen LogP contribution in [0.15, 0.2) is 35.3 Å². The Labute approximate surface area is 125 Å². The van der Waals surface area contributed by atoms with E-state index in [2.05, 4.69) is 22.4 Å². The summed E-state index contributed by atoms with van der Waals surface area (Å²) in [5.74, 6) is 0.895. The molecule has 3 rings (SSSR count). The van der Waals surface area contributed by atoms with Gasteiger partial charge in [-0.3, -0.25) is 4.79 Å². The first-order chi connectivity index (χ1) is 10.1. The number of carbonyl (C=O) groups excluding carboxylic acids is 1. The Kier molecular flexibility index (Phi) is 3.95. The number of nitrogens with one attached hydrogen (secondary N) is 1. The summed E-state index contributed by atoms with van der Waals surface area (Å²) in [4.78, 5) is 17.0. The third-order valence-electron chi connectivity index (χ3n) is 3.85. The molecule has 2 unspecified atom stereocenters. The highest BCUT2D eigenvalue weighted by molar-refractivity contribution is 5.89. The van der Waals surface area contributed by atoms with Crippen LogP contribution < -0.4 is 5.32 Å². The van der Waals surface area contributed by atoms with Gasteiger partial charge in [0.1, 0.15) is 6.04 Å². The van der Waals surface area contributed by atoms with Crippen molar-refractivity contribution in [1.82, 2.24) is 5.32 Å². The van der Waals surface area contributed by atoms with Crippen molar-refractivity contribution in [2.45, 2.75) is 51.3 Å². The molecule has 1 aromatic carbocycles. The molecule has 0 bridgehead atoms. The van der Waals surface area contributed by atoms with Crippen LogP contribution in [0, 0.1) is 5.92 Å².